The van der Waals surface area contributed by atoms with Crippen LogP contribution in [0.2, 0.25) is 0 Å². The molecule has 0 amide bonds. The van der Waals surface area contributed by atoms with E-state index in [1.807, 2.05) is 6.92 Å². The number of pyridine rings is 1. The van der Waals surface area contributed by atoms with Gasteiger partial charge in [0.1, 0.15) is 17.2 Å². The molecule has 1 aromatic heterocycles. The van der Waals surface area contributed by atoms with Gasteiger partial charge in [-0.15, -0.1) is 0 Å². The van der Waals surface area contributed by atoms with Crippen molar-refractivity contribution in [2.75, 3.05) is 0 Å². The summed E-state index contributed by atoms with van der Waals surface area (Å²) in [5.41, 5.74) is 3.58. The Morgan fingerprint density at radius 1 is 0.913 bits per heavy atom. The third-order valence-electron chi connectivity index (χ3n) is 3.52. The molecule has 0 saturated heterocycles. The molecule has 23 heavy (non-hydrogen) atoms. The van der Waals surface area contributed by atoms with Gasteiger partial charge in [0.25, 0.3) is 0 Å². The summed E-state index contributed by atoms with van der Waals surface area (Å²) in [5, 5.41) is 1.31. The number of aryl methyl sites for hydroxylation is 3. The number of para-hydroxylation sites is 1. The summed E-state index contributed by atoms with van der Waals surface area (Å²) in [4.78, 5) is -0.178. The number of fused-ring (bicyclic) bond motifs is 1. The summed E-state index contributed by atoms with van der Waals surface area (Å²) >= 11 is 0. The van der Waals surface area contributed by atoms with Crippen LogP contribution in [0.1, 0.15) is 11.1 Å². The van der Waals surface area contributed by atoms with Crippen LogP contribution in [-0.4, -0.2) is 13.0 Å². The van der Waals surface area contributed by atoms with E-state index in [2.05, 4.69) is 55.1 Å². The molecular weight excluding hydrogens is 310 g/mol. The predicted octanol–water partition coefficient (Wildman–Crippen LogP) is 2.87. The van der Waals surface area contributed by atoms with Gasteiger partial charge in [0, 0.05) is 17.0 Å². The first kappa shape index (κ1) is 17.1. The van der Waals surface area contributed by atoms with Crippen LogP contribution in [0.25, 0.3) is 10.9 Å². The number of aromatic nitrogens is 1. The van der Waals surface area contributed by atoms with Gasteiger partial charge in [-0.1, -0.05) is 29.8 Å². The van der Waals surface area contributed by atoms with E-state index in [1.165, 1.54) is 28.6 Å². The standard InChI is InChI=1S/C11H12N.C7H8O3S/c1-9-5-3-6-10-7-4-8-12(2)11(9)10;1-6-2-4-7(5-3-6)11(8,9)10/h3-8H,1-2H3;2-5H,1H3,(H,8,9,10)/q+1;/p-1. The highest BCUT2D eigenvalue weighted by molar-refractivity contribution is 7.85. The van der Waals surface area contributed by atoms with E-state index in [-0.39, 0.29) is 4.90 Å². The maximum absolute atomic E-state index is 10.4. The molecule has 0 aliphatic rings. The number of hydrogen-bond donors (Lipinski definition) is 0. The molecule has 120 valence electrons. The fourth-order valence-corrected chi connectivity index (χ4v) is 2.82. The molecule has 0 aliphatic carbocycles. The third-order valence-corrected chi connectivity index (χ3v) is 4.37. The maximum atomic E-state index is 10.4. The molecule has 2 aromatic carbocycles. The van der Waals surface area contributed by atoms with Gasteiger partial charge in [-0.3, -0.25) is 0 Å². The van der Waals surface area contributed by atoms with E-state index >= 15 is 0 Å². The zero-order valence-electron chi connectivity index (χ0n) is 13.4. The molecule has 0 unspecified atom stereocenters. The average molecular weight is 329 g/mol. The van der Waals surface area contributed by atoms with Gasteiger partial charge < -0.3 is 4.55 Å². The Morgan fingerprint density at radius 3 is 2.09 bits per heavy atom. The summed E-state index contributed by atoms with van der Waals surface area (Å²) in [6, 6.07) is 16.4. The van der Waals surface area contributed by atoms with Crippen LogP contribution in [0.5, 0.6) is 0 Å². The Bertz CT molecular complexity index is 880. The zero-order valence-corrected chi connectivity index (χ0v) is 14.2. The van der Waals surface area contributed by atoms with E-state index in [4.69, 9.17) is 0 Å². The fraction of sp³-hybridized carbons (Fsp3) is 0.167. The van der Waals surface area contributed by atoms with Crippen molar-refractivity contribution in [3.63, 3.8) is 0 Å². The van der Waals surface area contributed by atoms with E-state index < -0.39 is 10.1 Å². The molecular formula is C18H19NO3S. The molecule has 3 rings (SSSR count). The van der Waals surface area contributed by atoms with Crippen molar-refractivity contribution in [3.8, 4) is 0 Å². The first-order chi connectivity index (χ1) is 10.8. The molecule has 0 atom stereocenters. The first-order valence-electron chi connectivity index (χ1n) is 7.15. The van der Waals surface area contributed by atoms with Crippen LogP contribution >= 0.6 is 0 Å². The normalized spacial score (nSPS) is 11.0. The zero-order chi connectivity index (χ0) is 17.0. The number of nitrogens with zero attached hydrogens (tertiary/aromatic N) is 1. The van der Waals surface area contributed by atoms with Crippen molar-refractivity contribution in [1.82, 2.24) is 0 Å². The van der Waals surface area contributed by atoms with Gasteiger partial charge >= 0.3 is 0 Å². The van der Waals surface area contributed by atoms with Gasteiger partial charge in [0.2, 0.25) is 5.52 Å². The van der Waals surface area contributed by atoms with Gasteiger partial charge in [0.05, 0.1) is 4.90 Å². The lowest BCUT2D eigenvalue weighted by Gasteiger charge is -2.05. The predicted molar refractivity (Wildman–Crippen MR) is 89.0 cm³/mol. The second-order valence-electron chi connectivity index (χ2n) is 5.40. The largest absolute Gasteiger partial charge is 0.744 e. The Labute approximate surface area is 136 Å². The van der Waals surface area contributed by atoms with Crippen molar-refractivity contribution < 1.29 is 17.5 Å². The van der Waals surface area contributed by atoms with E-state index in [9.17, 15) is 13.0 Å². The SMILES string of the molecule is Cc1ccc(S(=O)(=O)[O-])cc1.Cc1cccc2ccc[n+](C)c12. The second kappa shape index (κ2) is 6.89. The third kappa shape index (κ3) is 4.37. The summed E-state index contributed by atoms with van der Waals surface area (Å²) < 4.78 is 33.3. The van der Waals surface area contributed by atoms with Crippen molar-refractivity contribution in [1.29, 1.82) is 0 Å². The summed E-state index contributed by atoms with van der Waals surface area (Å²) in [7, 11) is -2.19. The van der Waals surface area contributed by atoms with Crippen molar-refractivity contribution in [2.45, 2.75) is 18.7 Å². The highest BCUT2D eigenvalue weighted by Gasteiger charge is 2.05. The molecule has 5 heteroatoms. The first-order valence-corrected chi connectivity index (χ1v) is 8.56. The van der Waals surface area contributed by atoms with Crippen LogP contribution in [0.4, 0.5) is 0 Å². The van der Waals surface area contributed by atoms with Gasteiger partial charge in [-0.2, -0.15) is 0 Å². The maximum Gasteiger partial charge on any atom is 0.215 e. The Balaban J connectivity index is 0.000000168. The topological polar surface area (TPSA) is 61.1 Å². The number of rotatable bonds is 1. The smallest absolute Gasteiger partial charge is 0.215 e. The average Bonchev–Trinajstić information content (AvgIpc) is 2.48. The molecule has 0 saturated carbocycles. The number of hydrogen-bond acceptors (Lipinski definition) is 3. The highest BCUT2D eigenvalue weighted by atomic mass is 32.2. The summed E-state index contributed by atoms with van der Waals surface area (Å²) in [6.07, 6.45) is 2.08. The summed E-state index contributed by atoms with van der Waals surface area (Å²) in [6.45, 7) is 3.96. The molecule has 0 aliphatic heterocycles. The lowest BCUT2D eigenvalue weighted by Crippen LogP contribution is -2.28. The van der Waals surface area contributed by atoms with Crippen LogP contribution in [-0.2, 0) is 17.2 Å². The minimum Gasteiger partial charge on any atom is -0.744 e. The van der Waals surface area contributed by atoms with Crippen molar-refractivity contribution in [3.05, 3.63) is 71.9 Å². The number of benzene rings is 2. The highest BCUT2D eigenvalue weighted by Crippen LogP contribution is 2.12. The molecule has 3 aromatic rings. The molecule has 0 radical (unpaired) electrons. The molecule has 0 spiro atoms. The minimum absolute atomic E-state index is 0.178. The van der Waals surface area contributed by atoms with Crippen LogP contribution in [0.3, 0.4) is 0 Å². The van der Waals surface area contributed by atoms with E-state index in [0.29, 0.717) is 0 Å². The quantitative estimate of drug-likeness (QED) is 0.509. The second-order valence-corrected chi connectivity index (χ2v) is 6.78. The molecule has 1 heterocycles. The Kier molecular flexibility index (Phi) is 5.13. The lowest BCUT2D eigenvalue weighted by atomic mass is 10.1. The minimum atomic E-state index is -4.27. The van der Waals surface area contributed by atoms with Gasteiger partial charge in [-0.05, 0) is 38.1 Å². The van der Waals surface area contributed by atoms with E-state index in [0.717, 1.165) is 5.56 Å². The fourth-order valence-electron chi connectivity index (χ4n) is 2.35. The Hall–Kier alpha value is -2.24. The molecule has 0 N–H and O–H groups in total. The monoisotopic (exact) mass is 329 g/mol. The molecule has 4 nitrogen and oxygen atoms in total. The van der Waals surface area contributed by atoms with Gasteiger partial charge in [-0.25, -0.2) is 13.0 Å². The van der Waals surface area contributed by atoms with E-state index in [1.54, 1.807) is 12.1 Å². The van der Waals surface area contributed by atoms with Crippen LogP contribution in [0, 0.1) is 13.8 Å². The van der Waals surface area contributed by atoms with Crippen molar-refractivity contribution in [2.24, 2.45) is 7.05 Å². The van der Waals surface area contributed by atoms with Crippen LogP contribution in [0.15, 0.2) is 65.7 Å². The van der Waals surface area contributed by atoms with Crippen molar-refractivity contribution >= 4 is 21.0 Å². The summed E-state index contributed by atoms with van der Waals surface area (Å²) in [5.74, 6) is 0. The Morgan fingerprint density at radius 2 is 1.52 bits per heavy atom. The van der Waals surface area contributed by atoms with Gasteiger partial charge in [0.15, 0.2) is 6.20 Å². The molecule has 0 bridgehead atoms. The lowest BCUT2D eigenvalue weighted by molar-refractivity contribution is -0.645. The van der Waals surface area contributed by atoms with Crippen LogP contribution < -0.4 is 4.57 Å². The molecule has 0 fully saturated rings.